The van der Waals surface area contributed by atoms with Crippen LogP contribution < -0.4 is 79.5 Å². The van der Waals surface area contributed by atoms with Crippen LogP contribution in [0, 0.1) is 0 Å². The predicted molar refractivity (Wildman–Crippen MR) is 86.1 cm³/mol. The first kappa shape index (κ1) is 32.4. The van der Waals surface area contributed by atoms with Crippen molar-refractivity contribution < 1.29 is 92.6 Å². The molecule has 0 heterocycles. The summed E-state index contributed by atoms with van der Waals surface area (Å²) < 4.78 is 21.7. The number of nitrogens with one attached hydrogen (secondary N) is 2. The van der Waals surface area contributed by atoms with Crippen molar-refractivity contribution >= 4 is 21.1 Å². The van der Waals surface area contributed by atoms with E-state index in [1.54, 1.807) is 0 Å². The van der Waals surface area contributed by atoms with E-state index < -0.39 is 27.8 Å². The first-order valence-corrected chi connectivity index (χ1v) is 11.3. The van der Waals surface area contributed by atoms with Gasteiger partial charge in [-0.25, -0.2) is 0 Å². The third-order valence-corrected chi connectivity index (χ3v) is 4.43. The molecule has 144 valence electrons. The Morgan fingerprint density at radius 1 is 1.00 bits per heavy atom. The fourth-order valence-electron chi connectivity index (χ4n) is 1.99. The van der Waals surface area contributed by atoms with E-state index in [0.717, 1.165) is 30.8 Å². The molecular formula is C12H27N3Na2O7P2. The first-order chi connectivity index (χ1) is 11.0. The van der Waals surface area contributed by atoms with Gasteiger partial charge in [-0.3, -0.25) is 9.69 Å². The van der Waals surface area contributed by atoms with E-state index >= 15 is 0 Å². The second-order valence-corrected chi connectivity index (χ2v) is 8.62. The summed E-state index contributed by atoms with van der Waals surface area (Å²) in [5.41, 5.74) is 0. The molecule has 0 rings (SSSR count). The largest absolute Gasteiger partial charge is 1.00 e. The average Bonchev–Trinajstić information content (AvgIpc) is 2.39. The summed E-state index contributed by atoms with van der Waals surface area (Å²) in [6.45, 7) is 4.23. The van der Waals surface area contributed by atoms with E-state index in [1.807, 2.05) is 0 Å². The zero-order chi connectivity index (χ0) is 18.6. The van der Waals surface area contributed by atoms with Crippen LogP contribution in [0.1, 0.15) is 32.6 Å². The second-order valence-electron chi connectivity index (χ2n) is 5.51. The van der Waals surface area contributed by atoms with Crippen LogP contribution in [0.4, 0.5) is 0 Å². The normalized spacial score (nSPS) is 15.3. The molecule has 0 aliphatic carbocycles. The Kier molecular flexibility index (Phi) is 21.8. The van der Waals surface area contributed by atoms with E-state index in [1.165, 1.54) is 0 Å². The molecule has 26 heavy (non-hydrogen) atoms. The van der Waals surface area contributed by atoms with Gasteiger partial charge in [0.1, 0.15) is 15.2 Å². The van der Waals surface area contributed by atoms with Crippen molar-refractivity contribution in [3.63, 3.8) is 0 Å². The average molecular weight is 433 g/mol. The molecule has 0 aromatic carbocycles. The van der Waals surface area contributed by atoms with Crippen molar-refractivity contribution in [2.45, 2.75) is 32.6 Å². The monoisotopic (exact) mass is 433 g/mol. The second kappa shape index (κ2) is 17.5. The Morgan fingerprint density at radius 2 is 1.54 bits per heavy atom. The number of nitrogens with zero attached hydrogens (tertiary/aromatic N) is 1. The van der Waals surface area contributed by atoms with E-state index in [4.69, 9.17) is 9.79 Å². The Balaban J connectivity index is -0.00000264. The minimum atomic E-state index is -4.71. The van der Waals surface area contributed by atoms with E-state index in [2.05, 4.69) is 17.6 Å². The topological polar surface area (TPSA) is 165 Å². The SMILES string of the molecule is CCCNCCCNC(=O)CCCN(CP(=O)([O-])O)CP(=O)([O-])O.[Na+].[Na+]. The van der Waals surface area contributed by atoms with Crippen molar-refractivity contribution in [3.05, 3.63) is 0 Å². The fraction of sp³-hybridized carbons (Fsp3) is 0.917. The maximum Gasteiger partial charge on any atom is 1.00 e. The molecule has 10 nitrogen and oxygen atoms in total. The molecule has 0 aromatic rings. The molecule has 0 aromatic heterocycles. The first-order valence-electron chi connectivity index (χ1n) is 7.79. The molecule has 0 aliphatic heterocycles. The molecule has 0 saturated heterocycles. The summed E-state index contributed by atoms with van der Waals surface area (Å²) in [6, 6.07) is 0. The zero-order valence-corrected chi connectivity index (χ0v) is 21.6. The van der Waals surface area contributed by atoms with Crippen LogP contribution in [-0.2, 0) is 13.9 Å². The van der Waals surface area contributed by atoms with Gasteiger partial charge in [-0.1, -0.05) is 6.92 Å². The maximum absolute atomic E-state index is 11.6. The third-order valence-electron chi connectivity index (χ3n) is 2.91. The molecule has 4 N–H and O–H groups in total. The van der Waals surface area contributed by atoms with Gasteiger partial charge in [0, 0.05) is 13.0 Å². The van der Waals surface area contributed by atoms with Gasteiger partial charge in [0.15, 0.2) is 0 Å². The van der Waals surface area contributed by atoms with Crippen LogP contribution in [0.5, 0.6) is 0 Å². The molecule has 14 heteroatoms. The smallest absolute Gasteiger partial charge is 0.778 e. The Bertz CT molecular complexity index is 438. The number of hydrogen-bond acceptors (Lipinski definition) is 7. The Morgan fingerprint density at radius 3 is 2.00 bits per heavy atom. The van der Waals surface area contributed by atoms with Gasteiger partial charge in [-0.05, 0) is 38.9 Å². The molecular weight excluding hydrogens is 406 g/mol. The Labute approximate surface area is 199 Å². The van der Waals surface area contributed by atoms with Gasteiger partial charge < -0.3 is 39.3 Å². The minimum Gasteiger partial charge on any atom is -0.778 e. The quantitative estimate of drug-likeness (QED) is 0.118. The van der Waals surface area contributed by atoms with Gasteiger partial charge in [0.05, 0.1) is 12.6 Å². The molecule has 0 radical (unpaired) electrons. The van der Waals surface area contributed by atoms with Crippen molar-refractivity contribution in [2.75, 3.05) is 38.8 Å². The van der Waals surface area contributed by atoms with E-state index in [0.29, 0.717) is 6.54 Å². The van der Waals surface area contributed by atoms with Gasteiger partial charge in [-0.15, -0.1) is 0 Å². The van der Waals surface area contributed by atoms with Crippen LogP contribution in [0.15, 0.2) is 0 Å². The van der Waals surface area contributed by atoms with Gasteiger partial charge in [0.2, 0.25) is 5.91 Å². The predicted octanol–water partition coefficient (Wildman–Crippen LogP) is -7.41. The van der Waals surface area contributed by atoms with Gasteiger partial charge >= 0.3 is 59.1 Å². The van der Waals surface area contributed by atoms with Crippen LogP contribution >= 0.6 is 15.2 Å². The van der Waals surface area contributed by atoms with E-state index in [-0.39, 0.29) is 84.4 Å². The molecule has 0 fully saturated rings. The summed E-state index contributed by atoms with van der Waals surface area (Å²) in [4.78, 5) is 51.8. The van der Waals surface area contributed by atoms with Crippen molar-refractivity contribution in [3.8, 4) is 0 Å². The van der Waals surface area contributed by atoms with Crippen LogP contribution in [0.2, 0.25) is 0 Å². The maximum atomic E-state index is 11.6. The number of rotatable bonds is 14. The molecule has 0 saturated carbocycles. The third kappa shape index (κ3) is 23.7. The van der Waals surface area contributed by atoms with Crippen LogP contribution in [0.25, 0.3) is 0 Å². The molecule has 2 unspecified atom stereocenters. The summed E-state index contributed by atoms with van der Waals surface area (Å²) >= 11 is 0. The standard InChI is InChI=1S/C12H29N3O7P2.2Na/c1-2-6-13-7-4-8-14-12(16)5-3-9-15(10-23(17,18)19)11-24(20,21)22;;/h13H,2-11H2,1H3,(H,14,16)(H2,17,18,19)(H2,20,21,22);;/q;2*+1/p-2. The van der Waals surface area contributed by atoms with Crippen LogP contribution in [-0.4, -0.2) is 59.3 Å². The molecule has 2 atom stereocenters. The van der Waals surface area contributed by atoms with Gasteiger partial charge in [0.25, 0.3) is 0 Å². The van der Waals surface area contributed by atoms with E-state index in [9.17, 15) is 23.7 Å². The minimum absolute atomic E-state index is 0. The van der Waals surface area contributed by atoms with Gasteiger partial charge in [-0.2, -0.15) is 0 Å². The molecule has 0 bridgehead atoms. The number of carbonyl (C=O) groups is 1. The fourth-order valence-corrected chi connectivity index (χ4v) is 3.64. The molecule has 0 spiro atoms. The Hall–Kier alpha value is 1.69. The number of carbonyl (C=O) groups excluding carboxylic acids is 1. The van der Waals surface area contributed by atoms with Crippen molar-refractivity contribution in [1.29, 1.82) is 0 Å². The van der Waals surface area contributed by atoms with Crippen molar-refractivity contribution in [1.82, 2.24) is 15.5 Å². The zero-order valence-electron chi connectivity index (χ0n) is 15.8. The van der Waals surface area contributed by atoms with Crippen molar-refractivity contribution in [2.24, 2.45) is 0 Å². The summed E-state index contributed by atoms with van der Waals surface area (Å²) in [5, 5.41) is 5.89. The van der Waals surface area contributed by atoms with Crippen LogP contribution in [0.3, 0.4) is 0 Å². The number of amides is 1. The summed E-state index contributed by atoms with van der Waals surface area (Å²) in [5.74, 6) is -0.228. The molecule has 0 aliphatic rings. The summed E-state index contributed by atoms with van der Waals surface area (Å²) in [7, 11) is -9.41. The molecule has 1 amide bonds. The summed E-state index contributed by atoms with van der Waals surface area (Å²) in [6.07, 6.45) is 0.305. The number of hydrogen-bond donors (Lipinski definition) is 4.